The van der Waals surface area contributed by atoms with E-state index < -0.39 is 0 Å². The van der Waals surface area contributed by atoms with Crippen LogP contribution in [0, 0.1) is 0 Å². The van der Waals surface area contributed by atoms with Crippen LogP contribution in [0.5, 0.6) is 0 Å². The summed E-state index contributed by atoms with van der Waals surface area (Å²) in [7, 11) is 0. The summed E-state index contributed by atoms with van der Waals surface area (Å²) in [6, 6.07) is 11.2. The number of alkyl halides is 1. The SMILES string of the molecule is CCC(CC)N(CCCl)Cc1ccc2ncccc2c1. The first-order valence-corrected chi connectivity index (χ1v) is 7.95. The Hall–Kier alpha value is -1.12. The first-order chi connectivity index (χ1) is 9.78. The Morgan fingerprint density at radius 1 is 1.20 bits per heavy atom. The lowest BCUT2D eigenvalue weighted by Crippen LogP contribution is -2.35. The largest absolute Gasteiger partial charge is 0.295 e. The van der Waals surface area contributed by atoms with Gasteiger partial charge in [0.2, 0.25) is 0 Å². The maximum absolute atomic E-state index is 5.96. The summed E-state index contributed by atoms with van der Waals surface area (Å²) in [4.78, 5) is 6.86. The van der Waals surface area contributed by atoms with Crippen molar-refractivity contribution >= 4 is 22.5 Å². The number of aromatic nitrogens is 1. The van der Waals surface area contributed by atoms with Crippen LogP contribution in [0.1, 0.15) is 32.3 Å². The van der Waals surface area contributed by atoms with Gasteiger partial charge in [0, 0.05) is 36.6 Å². The smallest absolute Gasteiger partial charge is 0.0702 e. The van der Waals surface area contributed by atoms with E-state index >= 15 is 0 Å². The summed E-state index contributed by atoms with van der Waals surface area (Å²) in [5.41, 5.74) is 2.39. The highest BCUT2D eigenvalue weighted by Crippen LogP contribution is 2.18. The summed E-state index contributed by atoms with van der Waals surface area (Å²) >= 11 is 5.96. The number of pyridine rings is 1. The Kier molecular flexibility index (Phi) is 5.81. The molecule has 3 heteroatoms. The molecule has 2 nitrogen and oxygen atoms in total. The minimum atomic E-state index is 0.610. The summed E-state index contributed by atoms with van der Waals surface area (Å²) in [6.07, 6.45) is 4.18. The van der Waals surface area contributed by atoms with Gasteiger partial charge in [-0.15, -0.1) is 11.6 Å². The molecule has 0 amide bonds. The van der Waals surface area contributed by atoms with Crippen molar-refractivity contribution in [3.05, 3.63) is 42.1 Å². The number of benzene rings is 1. The van der Waals surface area contributed by atoms with Crippen molar-refractivity contribution in [2.45, 2.75) is 39.3 Å². The Labute approximate surface area is 126 Å². The van der Waals surface area contributed by atoms with Crippen LogP contribution in [0.4, 0.5) is 0 Å². The highest BCUT2D eigenvalue weighted by molar-refractivity contribution is 6.18. The molecule has 0 atom stereocenters. The number of rotatable bonds is 7. The van der Waals surface area contributed by atoms with Gasteiger partial charge < -0.3 is 0 Å². The number of fused-ring (bicyclic) bond motifs is 1. The molecule has 0 radical (unpaired) electrons. The standard InChI is InChI=1S/C17H23ClN2/c1-3-16(4-2)20(11-9-18)13-14-7-8-17-15(12-14)6-5-10-19-17/h5-8,10,12,16H,3-4,9,11,13H2,1-2H3. The van der Waals surface area contributed by atoms with Gasteiger partial charge in [0.1, 0.15) is 0 Å². The van der Waals surface area contributed by atoms with E-state index in [1.54, 1.807) is 0 Å². The maximum atomic E-state index is 5.96. The average Bonchev–Trinajstić information content (AvgIpc) is 2.48. The van der Waals surface area contributed by atoms with E-state index in [4.69, 9.17) is 11.6 Å². The third kappa shape index (κ3) is 3.71. The zero-order chi connectivity index (χ0) is 14.4. The quantitative estimate of drug-likeness (QED) is 0.700. The van der Waals surface area contributed by atoms with Crippen molar-refractivity contribution in [2.75, 3.05) is 12.4 Å². The maximum Gasteiger partial charge on any atom is 0.0702 e. The highest BCUT2D eigenvalue weighted by Gasteiger charge is 2.14. The van der Waals surface area contributed by atoms with Gasteiger partial charge in [0.25, 0.3) is 0 Å². The first-order valence-electron chi connectivity index (χ1n) is 7.42. The second-order valence-corrected chi connectivity index (χ2v) is 5.54. The van der Waals surface area contributed by atoms with Crippen LogP contribution in [-0.2, 0) is 6.54 Å². The molecule has 0 saturated carbocycles. The van der Waals surface area contributed by atoms with Gasteiger partial charge in [-0.2, -0.15) is 0 Å². The second kappa shape index (κ2) is 7.61. The van der Waals surface area contributed by atoms with E-state index in [9.17, 15) is 0 Å². The molecule has 0 unspecified atom stereocenters. The van der Waals surface area contributed by atoms with Crippen LogP contribution >= 0.6 is 11.6 Å². The van der Waals surface area contributed by atoms with Crippen molar-refractivity contribution in [1.29, 1.82) is 0 Å². The lowest BCUT2D eigenvalue weighted by Gasteiger charge is -2.29. The molecule has 20 heavy (non-hydrogen) atoms. The van der Waals surface area contributed by atoms with Gasteiger partial charge in [0.05, 0.1) is 5.52 Å². The van der Waals surface area contributed by atoms with E-state index in [1.807, 2.05) is 12.3 Å². The number of hydrogen-bond donors (Lipinski definition) is 0. The molecule has 0 aliphatic heterocycles. The topological polar surface area (TPSA) is 16.1 Å². The molecule has 1 aromatic carbocycles. The zero-order valence-corrected chi connectivity index (χ0v) is 13.1. The molecule has 108 valence electrons. The summed E-state index contributed by atoms with van der Waals surface area (Å²) in [6.45, 7) is 6.41. The van der Waals surface area contributed by atoms with Gasteiger partial charge >= 0.3 is 0 Å². The number of nitrogens with zero attached hydrogens (tertiary/aromatic N) is 2. The van der Waals surface area contributed by atoms with Crippen molar-refractivity contribution in [2.24, 2.45) is 0 Å². The molecule has 0 bridgehead atoms. The van der Waals surface area contributed by atoms with E-state index in [-0.39, 0.29) is 0 Å². The van der Waals surface area contributed by atoms with Crippen molar-refractivity contribution in [3.8, 4) is 0 Å². The Morgan fingerprint density at radius 2 is 2.00 bits per heavy atom. The molecule has 1 aromatic heterocycles. The number of hydrogen-bond acceptors (Lipinski definition) is 2. The fraction of sp³-hybridized carbons (Fsp3) is 0.471. The van der Waals surface area contributed by atoms with Crippen molar-refractivity contribution in [3.63, 3.8) is 0 Å². The molecule has 0 fully saturated rings. The highest BCUT2D eigenvalue weighted by atomic mass is 35.5. The van der Waals surface area contributed by atoms with Crippen LogP contribution in [0.25, 0.3) is 10.9 Å². The molecular formula is C17H23ClN2. The van der Waals surface area contributed by atoms with Crippen LogP contribution in [0.3, 0.4) is 0 Å². The van der Waals surface area contributed by atoms with E-state index in [0.29, 0.717) is 11.9 Å². The lowest BCUT2D eigenvalue weighted by molar-refractivity contribution is 0.188. The minimum absolute atomic E-state index is 0.610. The predicted octanol–water partition coefficient (Wildman–Crippen LogP) is 4.46. The molecule has 0 aliphatic carbocycles. The third-order valence-corrected chi connectivity index (χ3v) is 4.05. The first kappa shape index (κ1) is 15.3. The Morgan fingerprint density at radius 3 is 2.70 bits per heavy atom. The Balaban J connectivity index is 2.19. The van der Waals surface area contributed by atoms with Crippen LogP contribution in [0.15, 0.2) is 36.5 Å². The molecule has 0 spiro atoms. The lowest BCUT2D eigenvalue weighted by atomic mass is 10.1. The summed E-state index contributed by atoms with van der Waals surface area (Å²) < 4.78 is 0. The van der Waals surface area contributed by atoms with Crippen molar-refractivity contribution in [1.82, 2.24) is 9.88 Å². The second-order valence-electron chi connectivity index (χ2n) is 5.16. The molecule has 2 rings (SSSR count). The van der Waals surface area contributed by atoms with Crippen LogP contribution in [-0.4, -0.2) is 28.4 Å². The summed E-state index contributed by atoms with van der Waals surface area (Å²) in [5.74, 6) is 0.686. The fourth-order valence-electron chi connectivity index (χ4n) is 2.76. The zero-order valence-electron chi connectivity index (χ0n) is 12.3. The molecule has 1 heterocycles. The molecule has 0 aliphatic rings. The monoisotopic (exact) mass is 290 g/mol. The van der Waals surface area contributed by atoms with E-state index in [2.05, 4.69) is 48.0 Å². The average molecular weight is 291 g/mol. The fourth-order valence-corrected chi connectivity index (χ4v) is 2.98. The predicted molar refractivity (Wildman–Crippen MR) is 87.2 cm³/mol. The summed E-state index contributed by atoms with van der Waals surface area (Å²) in [5, 5.41) is 1.21. The van der Waals surface area contributed by atoms with Gasteiger partial charge in [-0.05, 0) is 36.6 Å². The molecule has 2 aromatic rings. The van der Waals surface area contributed by atoms with Crippen LogP contribution < -0.4 is 0 Å². The molecular weight excluding hydrogens is 268 g/mol. The Bertz CT molecular complexity index is 537. The normalized spacial score (nSPS) is 11.7. The van der Waals surface area contributed by atoms with Gasteiger partial charge in [-0.25, -0.2) is 0 Å². The van der Waals surface area contributed by atoms with Gasteiger partial charge in [-0.3, -0.25) is 9.88 Å². The van der Waals surface area contributed by atoms with E-state index in [0.717, 1.165) is 18.6 Å². The van der Waals surface area contributed by atoms with Crippen LogP contribution in [0.2, 0.25) is 0 Å². The number of halogens is 1. The molecule has 0 N–H and O–H groups in total. The molecule has 0 saturated heterocycles. The third-order valence-electron chi connectivity index (χ3n) is 3.88. The van der Waals surface area contributed by atoms with Crippen molar-refractivity contribution < 1.29 is 0 Å². The minimum Gasteiger partial charge on any atom is -0.295 e. The van der Waals surface area contributed by atoms with Gasteiger partial charge in [-0.1, -0.05) is 26.0 Å². The van der Waals surface area contributed by atoms with E-state index in [1.165, 1.54) is 23.8 Å². The van der Waals surface area contributed by atoms with Gasteiger partial charge in [0.15, 0.2) is 0 Å².